The third-order valence-electron chi connectivity index (χ3n) is 3.70. The van der Waals surface area contributed by atoms with Crippen LogP contribution in [0.3, 0.4) is 0 Å². The monoisotopic (exact) mass is 286 g/mol. The topological polar surface area (TPSA) is 66.6 Å². The van der Waals surface area contributed by atoms with Gasteiger partial charge < -0.3 is 14.5 Å². The van der Waals surface area contributed by atoms with Crippen LogP contribution >= 0.6 is 0 Å². The molecular formula is C16H18N2O3. The molecule has 1 unspecified atom stereocenters. The summed E-state index contributed by atoms with van der Waals surface area (Å²) < 4.78 is 5.29. The van der Waals surface area contributed by atoms with Gasteiger partial charge in [-0.2, -0.15) is 0 Å². The number of aliphatic hydroxyl groups is 1. The molecule has 1 aromatic carbocycles. The number of carbonyl (C=O) groups excluding carboxylic acids is 1. The van der Waals surface area contributed by atoms with Gasteiger partial charge in [-0.25, -0.2) is 0 Å². The lowest BCUT2D eigenvalue weighted by molar-refractivity contribution is -0.133. The van der Waals surface area contributed by atoms with Crippen LogP contribution in [0.1, 0.15) is 18.5 Å². The average molecular weight is 286 g/mol. The third-order valence-corrected chi connectivity index (χ3v) is 3.70. The zero-order valence-corrected chi connectivity index (χ0v) is 11.7. The normalized spacial score (nSPS) is 18.7. The van der Waals surface area contributed by atoms with Crippen molar-refractivity contribution in [1.29, 1.82) is 0 Å². The summed E-state index contributed by atoms with van der Waals surface area (Å²) in [6.45, 7) is 1.13. The number of piperidine rings is 1. The summed E-state index contributed by atoms with van der Waals surface area (Å²) in [4.78, 5) is 13.9. The second kappa shape index (κ2) is 6.10. The fourth-order valence-corrected chi connectivity index (χ4v) is 2.58. The molecule has 0 aliphatic carbocycles. The second-order valence-corrected chi connectivity index (χ2v) is 5.36. The van der Waals surface area contributed by atoms with Crippen molar-refractivity contribution in [2.24, 2.45) is 0 Å². The summed E-state index contributed by atoms with van der Waals surface area (Å²) in [5.41, 5.74) is 1.57. The van der Waals surface area contributed by atoms with Gasteiger partial charge in [-0.3, -0.25) is 4.79 Å². The van der Waals surface area contributed by atoms with Crippen LogP contribution in [-0.4, -0.2) is 40.3 Å². The minimum absolute atomic E-state index is 0.0124. The molecule has 1 N–H and O–H groups in total. The summed E-state index contributed by atoms with van der Waals surface area (Å²) in [5, 5.41) is 13.6. The molecule has 2 aromatic rings. The summed E-state index contributed by atoms with van der Waals surface area (Å²) in [6.07, 6.45) is 1.43. The molecule has 1 aliphatic heterocycles. The minimum atomic E-state index is -0.403. The van der Waals surface area contributed by atoms with Crippen molar-refractivity contribution < 1.29 is 14.4 Å². The van der Waals surface area contributed by atoms with Crippen LogP contribution in [0.5, 0.6) is 0 Å². The van der Waals surface area contributed by atoms with Gasteiger partial charge in [-0.05, 0) is 12.8 Å². The SMILES string of the molecule is O=C(Cc1cc(-c2ccccc2)on1)N1CCCC(O)C1. The highest BCUT2D eigenvalue weighted by Gasteiger charge is 2.23. The number of hydrogen-bond acceptors (Lipinski definition) is 4. The lowest BCUT2D eigenvalue weighted by atomic mass is 10.1. The Labute approximate surface area is 123 Å². The molecule has 0 radical (unpaired) electrons. The van der Waals surface area contributed by atoms with Crippen molar-refractivity contribution in [2.75, 3.05) is 13.1 Å². The summed E-state index contributed by atoms with van der Waals surface area (Å²) in [5.74, 6) is 0.652. The molecule has 2 heterocycles. The fourth-order valence-electron chi connectivity index (χ4n) is 2.58. The van der Waals surface area contributed by atoms with Gasteiger partial charge >= 0.3 is 0 Å². The number of nitrogens with zero attached hydrogens (tertiary/aromatic N) is 2. The van der Waals surface area contributed by atoms with Crippen LogP contribution in [0.4, 0.5) is 0 Å². The molecule has 110 valence electrons. The fraction of sp³-hybridized carbons (Fsp3) is 0.375. The van der Waals surface area contributed by atoms with Gasteiger partial charge in [0.05, 0.1) is 18.2 Å². The van der Waals surface area contributed by atoms with Crippen LogP contribution in [0.25, 0.3) is 11.3 Å². The molecule has 5 heteroatoms. The first kappa shape index (κ1) is 13.8. The van der Waals surface area contributed by atoms with E-state index in [4.69, 9.17) is 4.52 Å². The molecule has 0 spiro atoms. The molecule has 1 amide bonds. The van der Waals surface area contributed by atoms with Gasteiger partial charge in [-0.15, -0.1) is 0 Å². The molecule has 1 atom stereocenters. The number of rotatable bonds is 3. The summed E-state index contributed by atoms with van der Waals surface area (Å²) in [6, 6.07) is 11.5. The first-order valence-corrected chi connectivity index (χ1v) is 7.19. The first-order valence-electron chi connectivity index (χ1n) is 7.19. The van der Waals surface area contributed by atoms with Crippen molar-refractivity contribution in [1.82, 2.24) is 10.1 Å². The maximum Gasteiger partial charge on any atom is 0.228 e. The van der Waals surface area contributed by atoms with Crippen molar-refractivity contribution in [2.45, 2.75) is 25.4 Å². The molecule has 1 aliphatic rings. The first-order chi connectivity index (χ1) is 10.2. The van der Waals surface area contributed by atoms with Gasteiger partial charge in [0.2, 0.25) is 5.91 Å². The lowest BCUT2D eigenvalue weighted by Gasteiger charge is -2.29. The van der Waals surface area contributed by atoms with Gasteiger partial charge in [-0.1, -0.05) is 35.5 Å². The molecular weight excluding hydrogens is 268 g/mol. The number of amides is 1. The Balaban J connectivity index is 1.66. The van der Waals surface area contributed by atoms with E-state index in [-0.39, 0.29) is 12.3 Å². The number of likely N-dealkylation sites (tertiary alicyclic amines) is 1. The van der Waals surface area contributed by atoms with Crippen LogP contribution < -0.4 is 0 Å². The van der Waals surface area contributed by atoms with Gasteiger partial charge in [0.1, 0.15) is 0 Å². The Kier molecular flexibility index (Phi) is 4.01. The Morgan fingerprint density at radius 3 is 2.95 bits per heavy atom. The summed E-state index contributed by atoms with van der Waals surface area (Å²) >= 11 is 0. The van der Waals surface area contributed by atoms with E-state index in [1.807, 2.05) is 30.3 Å². The molecule has 0 bridgehead atoms. The number of aromatic nitrogens is 1. The smallest absolute Gasteiger partial charge is 0.228 e. The van der Waals surface area contributed by atoms with Crippen LogP contribution in [0.15, 0.2) is 40.9 Å². The second-order valence-electron chi connectivity index (χ2n) is 5.36. The third kappa shape index (κ3) is 3.31. The van der Waals surface area contributed by atoms with E-state index in [0.29, 0.717) is 24.5 Å². The maximum absolute atomic E-state index is 12.2. The van der Waals surface area contributed by atoms with E-state index in [9.17, 15) is 9.90 Å². The predicted molar refractivity (Wildman–Crippen MR) is 77.5 cm³/mol. The zero-order chi connectivity index (χ0) is 14.7. The van der Waals surface area contributed by atoms with E-state index in [1.165, 1.54) is 0 Å². The highest BCUT2D eigenvalue weighted by molar-refractivity contribution is 5.78. The quantitative estimate of drug-likeness (QED) is 0.935. The molecule has 3 rings (SSSR count). The number of aliphatic hydroxyl groups excluding tert-OH is 1. The number of carbonyl (C=O) groups is 1. The van der Waals surface area contributed by atoms with Crippen molar-refractivity contribution in [3.8, 4) is 11.3 Å². The molecule has 1 fully saturated rings. The largest absolute Gasteiger partial charge is 0.391 e. The van der Waals surface area contributed by atoms with Crippen molar-refractivity contribution >= 4 is 5.91 Å². The average Bonchev–Trinajstić information content (AvgIpc) is 2.97. The van der Waals surface area contributed by atoms with Crippen molar-refractivity contribution in [3.63, 3.8) is 0 Å². The van der Waals surface area contributed by atoms with E-state index in [0.717, 1.165) is 18.4 Å². The van der Waals surface area contributed by atoms with Crippen LogP contribution in [0.2, 0.25) is 0 Å². The maximum atomic E-state index is 12.2. The number of hydrogen-bond donors (Lipinski definition) is 1. The summed E-state index contributed by atoms with van der Waals surface area (Å²) in [7, 11) is 0. The van der Waals surface area contributed by atoms with E-state index in [2.05, 4.69) is 5.16 Å². The van der Waals surface area contributed by atoms with E-state index < -0.39 is 6.10 Å². The molecule has 0 saturated carbocycles. The van der Waals surface area contributed by atoms with Gasteiger partial charge in [0.15, 0.2) is 5.76 Å². The predicted octanol–water partition coefficient (Wildman–Crippen LogP) is 1.87. The zero-order valence-electron chi connectivity index (χ0n) is 11.7. The van der Waals surface area contributed by atoms with Crippen LogP contribution in [-0.2, 0) is 11.2 Å². The Bertz CT molecular complexity index is 609. The standard InChI is InChI=1S/C16H18N2O3/c19-14-7-4-8-18(11-14)16(20)10-13-9-15(21-17-13)12-5-2-1-3-6-12/h1-3,5-6,9,14,19H,4,7-8,10-11H2. The lowest BCUT2D eigenvalue weighted by Crippen LogP contribution is -2.42. The highest BCUT2D eigenvalue weighted by atomic mass is 16.5. The highest BCUT2D eigenvalue weighted by Crippen LogP contribution is 2.20. The molecule has 21 heavy (non-hydrogen) atoms. The van der Waals surface area contributed by atoms with Gasteiger partial charge in [0.25, 0.3) is 0 Å². The van der Waals surface area contributed by atoms with Crippen molar-refractivity contribution in [3.05, 3.63) is 42.1 Å². The molecule has 1 saturated heterocycles. The Morgan fingerprint density at radius 2 is 2.19 bits per heavy atom. The Morgan fingerprint density at radius 1 is 1.38 bits per heavy atom. The number of benzene rings is 1. The Hall–Kier alpha value is -2.14. The molecule has 5 nitrogen and oxygen atoms in total. The minimum Gasteiger partial charge on any atom is -0.391 e. The molecule has 1 aromatic heterocycles. The van der Waals surface area contributed by atoms with E-state index in [1.54, 1.807) is 11.0 Å². The van der Waals surface area contributed by atoms with E-state index >= 15 is 0 Å². The number of β-amino-alcohol motifs (C(OH)–C–C–N with tert-alkyl or cyclic N) is 1. The van der Waals surface area contributed by atoms with Crippen LogP contribution in [0, 0.1) is 0 Å². The van der Waals surface area contributed by atoms with Gasteiger partial charge in [0, 0.05) is 24.7 Å².